The third kappa shape index (κ3) is 4.06. The summed E-state index contributed by atoms with van der Waals surface area (Å²) in [6, 6.07) is -0.505. The Kier molecular flexibility index (Phi) is 5.52. The number of anilines is 1. The Bertz CT molecular complexity index is 783. The average Bonchev–Trinajstić information content (AvgIpc) is 2.49. The van der Waals surface area contributed by atoms with Gasteiger partial charge in [-0.15, -0.1) is 0 Å². The molecule has 1 aromatic rings. The topological polar surface area (TPSA) is 105 Å². The van der Waals surface area contributed by atoms with Crippen molar-refractivity contribution in [1.29, 1.82) is 0 Å². The van der Waals surface area contributed by atoms with E-state index in [0.29, 0.717) is 12.1 Å². The van der Waals surface area contributed by atoms with Gasteiger partial charge in [0.05, 0.1) is 23.7 Å². The molecular weight excluding hydrogens is 404 g/mol. The Hall–Kier alpha value is -2.60. The van der Waals surface area contributed by atoms with Crippen molar-refractivity contribution in [3.05, 3.63) is 23.0 Å². The van der Waals surface area contributed by atoms with E-state index in [-0.39, 0.29) is 11.5 Å². The lowest BCUT2D eigenvalue weighted by molar-refractivity contribution is -0.269. The SMILES string of the molecule is CCOC(=O)Oc1cc(N2C(=O)CC(O)(C(F)(F)F)NC2=O)c(F)cc1Cl. The number of nitrogens with one attached hydrogen (secondary N) is 1. The summed E-state index contributed by atoms with van der Waals surface area (Å²) in [6.07, 6.45) is -8.17. The van der Waals surface area contributed by atoms with E-state index in [9.17, 15) is 37.1 Å². The number of benzene rings is 1. The molecule has 2 rings (SSSR count). The van der Waals surface area contributed by atoms with Gasteiger partial charge in [0.25, 0.3) is 0 Å². The molecule has 1 aromatic carbocycles. The number of imide groups is 1. The maximum Gasteiger partial charge on any atom is 0.513 e. The van der Waals surface area contributed by atoms with Crippen LogP contribution in [0.25, 0.3) is 0 Å². The minimum atomic E-state index is -5.35. The molecule has 1 atom stereocenters. The van der Waals surface area contributed by atoms with Gasteiger partial charge in [-0.1, -0.05) is 11.6 Å². The Morgan fingerprint density at radius 2 is 2.04 bits per heavy atom. The maximum atomic E-state index is 14.2. The minimum Gasteiger partial charge on any atom is -0.434 e. The number of halogens is 5. The van der Waals surface area contributed by atoms with Crippen molar-refractivity contribution in [1.82, 2.24) is 5.32 Å². The molecule has 27 heavy (non-hydrogen) atoms. The summed E-state index contributed by atoms with van der Waals surface area (Å²) < 4.78 is 61.8. The van der Waals surface area contributed by atoms with Gasteiger partial charge in [-0.3, -0.25) is 4.79 Å². The third-order valence-corrected chi connectivity index (χ3v) is 3.64. The molecule has 1 unspecified atom stereocenters. The molecule has 0 aliphatic carbocycles. The van der Waals surface area contributed by atoms with E-state index >= 15 is 0 Å². The highest BCUT2D eigenvalue weighted by Gasteiger charge is 2.60. The van der Waals surface area contributed by atoms with Gasteiger partial charge >= 0.3 is 18.4 Å². The summed E-state index contributed by atoms with van der Waals surface area (Å²) in [5.74, 6) is -3.33. The fourth-order valence-corrected chi connectivity index (χ4v) is 2.30. The molecule has 0 bridgehead atoms. The van der Waals surface area contributed by atoms with Crippen molar-refractivity contribution >= 4 is 35.4 Å². The molecule has 0 radical (unpaired) electrons. The van der Waals surface area contributed by atoms with Crippen LogP contribution in [0.3, 0.4) is 0 Å². The first-order valence-corrected chi connectivity index (χ1v) is 7.55. The van der Waals surface area contributed by atoms with Crippen molar-refractivity contribution in [3.63, 3.8) is 0 Å². The Labute approximate surface area is 153 Å². The predicted molar refractivity (Wildman–Crippen MR) is 80.7 cm³/mol. The maximum absolute atomic E-state index is 14.2. The molecular formula is C14H11ClF4N2O6. The molecule has 0 saturated carbocycles. The van der Waals surface area contributed by atoms with Gasteiger partial charge in [0, 0.05) is 6.07 Å². The summed E-state index contributed by atoms with van der Waals surface area (Å²) in [5.41, 5.74) is -4.64. The van der Waals surface area contributed by atoms with E-state index in [4.69, 9.17) is 11.6 Å². The molecule has 2 N–H and O–H groups in total. The summed E-state index contributed by atoms with van der Waals surface area (Å²) in [6.45, 7) is 1.41. The number of nitrogens with zero attached hydrogens (tertiary/aromatic N) is 1. The second-order valence-corrected chi connectivity index (χ2v) is 5.62. The third-order valence-electron chi connectivity index (χ3n) is 3.34. The van der Waals surface area contributed by atoms with Crippen LogP contribution in [0.5, 0.6) is 5.75 Å². The molecule has 13 heteroatoms. The van der Waals surface area contributed by atoms with Gasteiger partial charge < -0.3 is 19.9 Å². The van der Waals surface area contributed by atoms with E-state index in [1.807, 2.05) is 0 Å². The van der Waals surface area contributed by atoms with Crippen LogP contribution in [-0.2, 0) is 9.53 Å². The van der Waals surface area contributed by atoms with Crippen LogP contribution in [0.1, 0.15) is 13.3 Å². The summed E-state index contributed by atoms with van der Waals surface area (Å²) in [5, 5.41) is 10.2. The van der Waals surface area contributed by atoms with Crippen molar-refractivity contribution in [3.8, 4) is 5.75 Å². The van der Waals surface area contributed by atoms with Crippen LogP contribution in [0.2, 0.25) is 5.02 Å². The lowest BCUT2D eigenvalue weighted by Gasteiger charge is -2.38. The zero-order valence-corrected chi connectivity index (χ0v) is 14.2. The lowest BCUT2D eigenvalue weighted by Crippen LogP contribution is -2.68. The number of rotatable bonds is 3. The number of carbonyl (C=O) groups excluding carboxylic acids is 3. The van der Waals surface area contributed by atoms with Gasteiger partial charge in [0.15, 0.2) is 5.75 Å². The summed E-state index contributed by atoms with van der Waals surface area (Å²) in [4.78, 5) is 35.3. The highest BCUT2D eigenvalue weighted by Crippen LogP contribution is 2.38. The largest absolute Gasteiger partial charge is 0.513 e. The quantitative estimate of drug-likeness (QED) is 0.447. The molecule has 1 fully saturated rings. The van der Waals surface area contributed by atoms with Crippen molar-refractivity contribution in [2.75, 3.05) is 11.5 Å². The number of alkyl halides is 3. The van der Waals surface area contributed by atoms with Gasteiger partial charge in [-0.05, 0) is 13.0 Å². The molecule has 1 aliphatic heterocycles. The zero-order valence-electron chi connectivity index (χ0n) is 13.4. The van der Waals surface area contributed by atoms with E-state index in [1.54, 1.807) is 0 Å². The highest BCUT2D eigenvalue weighted by molar-refractivity contribution is 6.32. The standard InChI is InChI=1S/C14H11ClF4N2O6/c1-2-26-12(24)27-9-4-8(7(16)3-6(9)15)21-10(22)5-13(25,14(17,18)19)20-11(21)23/h3-4,25H,2,5H2,1H3,(H,20,23). The number of hydrogen-bond donors (Lipinski definition) is 2. The first kappa shape index (κ1) is 20.7. The molecule has 148 valence electrons. The minimum absolute atomic E-state index is 0.0177. The summed E-state index contributed by atoms with van der Waals surface area (Å²) in [7, 11) is 0. The summed E-state index contributed by atoms with van der Waals surface area (Å²) >= 11 is 5.70. The van der Waals surface area contributed by atoms with Crippen LogP contribution < -0.4 is 15.0 Å². The smallest absolute Gasteiger partial charge is 0.434 e. The first-order valence-electron chi connectivity index (χ1n) is 7.17. The fourth-order valence-electron chi connectivity index (χ4n) is 2.11. The molecule has 1 aliphatic rings. The van der Waals surface area contributed by atoms with Crippen LogP contribution in [0, 0.1) is 5.82 Å². The zero-order chi connectivity index (χ0) is 20.6. The van der Waals surface area contributed by atoms with Crippen LogP contribution in [0.4, 0.5) is 32.8 Å². The molecule has 8 nitrogen and oxygen atoms in total. The van der Waals surface area contributed by atoms with E-state index in [0.717, 1.165) is 0 Å². The Morgan fingerprint density at radius 3 is 2.56 bits per heavy atom. The monoisotopic (exact) mass is 414 g/mol. The Balaban J connectivity index is 2.39. The van der Waals surface area contributed by atoms with Crippen molar-refractivity contribution < 1.29 is 46.5 Å². The number of aliphatic hydroxyl groups is 1. The number of hydrogen-bond acceptors (Lipinski definition) is 6. The second kappa shape index (κ2) is 7.19. The number of urea groups is 1. The van der Waals surface area contributed by atoms with E-state index < -0.39 is 58.7 Å². The number of carbonyl (C=O) groups is 3. The molecule has 0 spiro atoms. The van der Waals surface area contributed by atoms with Crippen LogP contribution in [-0.4, -0.2) is 41.7 Å². The van der Waals surface area contributed by atoms with Gasteiger partial charge in [0.1, 0.15) is 5.82 Å². The fraction of sp³-hybridized carbons (Fsp3) is 0.357. The normalized spacial score (nSPS) is 20.3. The molecule has 0 aromatic heterocycles. The second-order valence-electron chi connectivity index (χ2n) is 5.21. The van der Waals surface area contributed by atoms with Gasteiger partial charge in [0.2, 0.25) is 11.6 Å². The average molecular weight is 415 g/mol. The van der Waals surface area contributed by atoms with Crippen molar-refractivity contribution in [2.24, 2.45) is 0 Å². The number of ether oxygens (including phenoxy) is 2. The van der Waals surface area contributed by atoms with E-state index in [1.165, 1.54) is 12.2 Å². The van der Waals surface area contributed by atoms with Crippen LogP contribution >= 0.6 is 11.6 Å². The predicted octanol–water partition coefficient (Wildman–Crippen LogP) is 2.71. The van der Waals surface area contributed by atoms with E-state index in [2.05, 4.69) is 9.47 Å². The van der Waals surface area contributed by atoms with Gasteiger partial charge in [-0.2, -0.15) is 13.2 Å². The van der Waals surface area contributed by atoms with Crippen LogP contribution in [0.15, 0.2) is 12.1 Å². The molecule has 1 heterocycles. The Morgan fingerprint density at radius 1 is 1.41 bits per heavy atom. The van der Waals surface area contributed by atoms with Gasteiger partial charge in [-0.25, -0.2) is 18.9 Å². The van der Waals surface area contributed by atoms with Crippen molar-refractivity contribution in [2.45, 2.75) is 25.2 Å². The molecule has 1 saturated heterocycles. The highest BCUT2D eigenvalue weighted by atomic mass is 35.5. The first-order chi connectivity index (χ1) is 12.4. The molecule has 3 amide bonds. The number of amides is 3. The lowest BCUT2D eigenvalue weighted by atomic mass is 10.1.